The van der Waals surface area contributed by atoms with E-state index in [1.54, 1.807) is 17.5 Å². The van der Waals surface area contributed by atoms with E-state index in [0.29, 0.717) is 23.4 Å². The summed E-state index contributed by atoms with van der Waals surface area (Å²) in [7, 11) is 0. The number of thiophene rings is 1. The lowest BCUT2D eigenvalue weighted by Crippen LogP contribution is -2.39. The van der Waals surface area contributed by atoms with Gasteiger partial charge in [0.2, 0.25) is 5.91 Å². The second-order valence-corrected chi connectivity index (χ2v) is 9.73. The molecule has 1 amide bonds. The van der Waals surface area contributed by atoms with E-state index >= 15 is 0 Å². The van der Waals surface area contributed by atoms with Gasteiger partial charge in [-0.15, -0.1) is 23.1 Å². The molecule has 1 N–H and O–H groups in total. The minimum atomic E-state index is -0.0297. The van der Waals surface area contributed by atoms with Gasteiger partial charge in [-0.2, -0.15) is 0 Å². The highest BCUT2D eigenvalue weighted by Gasteiger charge is 2.24. The molecule has 29 heavy (non-hydrogen) atoms. The van der Waals surface area contributed by atoms with Crippen molar-refractivity contribution in [3.63, 3.8) is 0 Å². The van der Waals surface area contributed by atoms with Gasteiger partial charge in [0.1, 0.15) is 10.7 Å². The lowest BCUT2D eigenvalue weighted by molar-refractivity contribution is -0.129. The molecule has 1 saturated heterocycles. The summed E-state index contributed by atoms with van der Waals surface area (Å²) in [5.41, 5.74) is 1.17. The molecule has 5 rings (SSSR count). The van der Waals surface area contributed by atoms with Crippen molar-refractivity contribution < 1.29 is 4.79 Å². The van der Waals surface area contributed by atoms with Gasteiger partial charge in [-0.05, 0) is 37.7 Å². The highest BCUT2D eigenvalue weighted by atomic mass is 32.2. The maximum atomic E-state index is 12.6. The van der Waals surface area contributed by atoms with Crippen LogP contribution >= 0.6 is 23.1 Å². The number of aryl methyl sites for hydroxylation is 2. The maximum absolute atomic E-state index is 12.6. The third-order valence-corrected chi connectivity index (χ3v) is 7.97. The van der Waals surface area contributed by atoms with E-state index in [1.807, 2.05) is 17.4 Å². The highest BCUT2D eigenvalue weighted by molar-refractivity contribution is 7.99. The van der Waals surface area contributed by atoms with Crippen LogP contribution in [-0.4, -0.2) is 49.2 Å². The van der Waals surface area contributed by atoms with E-state index in [-0.39, 0.29) is 11.5 Å². The van der Waals surface area contributed by atoms with Gasteiger partial charge < -0.3 is 14.5 Å². The number of nitrogens with one attached hydrogen (secondary N) is 1. The Morgan fingerprint density at radius 2 is 2.17 bits per heavy atom. The Labute approximate surface area is 176 Å². The Kier molecular flexibility index (Phi) is 5.17. The van der Waals surface area contributed by atoms with E-state index in [4.69, 9.17) is 0 Å². The van der Waals surface area contributed by atoms with Crippen molar-refractivity contribution in [2.75, 3.05) is 18.8 Å². The first-order valence-electron chi connectivity index (χ1n) is 10.1. The van der Waals surface area contributed by atoms with E-state index in [1.165, 1.54) is 22.2 Å². The molecule has 3 aromatic rings. The van der Waals surface area contributed by atoms with Crippen LogP contribution in [0.5, 0.6) is 0 Å². The number of hydrogen-bond acceptors (Lipinski definition) is 6. The number of likely N-dealkylation sites (tertiary alicyclic amines) is 1. The Balaban J connectivity index is 1.15. The lowest BCUT2D eigenvalue weighted by atomic mass is 10.1. The summed E-state index contributed by atoms with van der Waals surface area (Å²) in [5, 5.41) is 0.785. The third-order valence-electron chi connectivity index (χ3n) is 5.85. The average molecular weight is 430 g/mol. The van der Waals surface area contributed by atoms with Crippen LogP contribution in [0, 0.1) is 0 Å². The number of aromatic nitrogens is 4. The van der Waals surface area contributed by atoms with Gasteiger partial charge >= 0.3 is 0 Å². The van der Waals surface area contributed by atoms with E-state index in [2.05, 4.69) is 19.5 Å². The number of piperidine rings is 1. The molecule has 0 bridgehead atoms. The van der Waals surface area contributed by atoms with Gasteiger partial charge in [-0.1, -0.05) is 0 Å². The minimum absolute atomic E-state index is 0.0297. The number of H-pyrrole nitrogens is 1. The number of aromatic amines is 1. The molecule has 0 spiro atoms. The highest BCUT2D eigenvalue weighted by Crippen LogP contribution is 2.34. The van der Waals surface area contributed by atoms with Crippen molar-refractivity contribution in [1.29, 1.82) is 0 Å². The molecule has 0 unspecified atom stereocenters. The summed E-state index contributed by atoms with van der Waals surface area (Å²) in [6.07, 6.45) is 10.7. The van der Waals surface area contributed by atoms with Gasteiger partial charge in [0, 0.05) is 36.4 Å². The summed E-state index contributed by atoms with van der Waals surface area (Å²) in [4.78, 5) is 40.9. The van der Waals surface area contributed by atoms with Crippen molar-refractivity contribution in [3.05, 3.63) is 45.3 Å². The van der Waals surface area contributed by atoms with Crippen LogP contribution in [0.4, 0.5) is 0 Å². The van der Waals surface area contributed by atoms with Crippen molar-refractivity contribution in [2.24, 2.45) is 0 Å². The van der Waals surface area contributed by atoms with Crippen LogP contribution in [0.15, 0.2) is 23.5 Å². The Morgan fingerprint density at radius 1 is 1.31 bits per heavy atom. The zero-order valence-corrected chi connectivity index (χ0v) is 17.7. The molecule has 2 aliphatic rings. The fourth-order valence-corrected chi connectivity index (χ4v) is 6.41. The number of rotatable bonds is 5. The summed E-state index contributed by atoms with van der Waals surface area (Å²) in [6.45, 7) is 1.56. The molecule has 152 valence electrons. The largest absolute Gasteiger partial charge is 0.342 e. The zero-order chi connectivity index (χ0) is 19.8. The van der Waals surface area contributed by atoms with Crippen molar-refractivity contribution in [2.45, 2.75) is 43.9 Å². The molecule has 9 heteroatoms. The quantitative estimate of drug-likeness (QED) is 0.674. The van der Waals surface area contributed by atoms with Gasteiger partial charge in [-0.3, -0.25) is 9.59 Å². The molecule has 3 aromatic heterocycles. The molecular weight excluding hydrogens is 406 g/mol. The topological polar surface area (TPSA) is 83.9 Å². The number of thioether (sulfide) groups is 1. The predicted octanol–water partition coefficient (Wildman–Crippen LogP) is 2.77. The minimum Gasteiger partial charge on any atom is -0.342 e. The van der Waals surface area contributed by atoms with Crippen molar-refractivity contribution in [3.8, 4) is 0 Å². The smallest absolute Gasteiger partial charge is 0.259 e. The number of hydrogen-bond donors (Lipinski definition) is 1. The molecule has 4 heterocycles. The number of amides is 1. The first-order valence-corrected chi connectivity index (χ1v) is 12.0. The van der Waals surface area contributed by atoms with Crippen LogP contribution in [0.1, 0.15) is 41.6 Å². The Bertz CT molecular complexity index is 1080. The number of imidazole rings is 1. The van der Waals surface area contributed by atoms with Crippen LogP contribution < -0.4 is 5.56 Å². The van der Waals surface area contributed by atoms with Crippen LogP contribution in [-0.2, 0) is 23.4 Å². The molecule has 0 atom stereocenters. The zero-order valence-electron chi connectivity index (χ0n) is 16.1. The first-order chi connectivity index (χ1) is 14.2. The molecule has 0 aromatic carbocycles. The van der Waals surface area contributed by atoms with E-state index in [0.717, 1.165) is 55.4 Å². The van der Waals surface area contributed by atoms with Crippen molar-refractivity contribution >= 4 is 39.2 Å². The molecule has 1 fully saturated rings. The van der Waals surface area contributed by atoms with Gasteiger partial charge in [0.15, 0.2) is 0 Å². The predicted molar refractivity (Wildman–Crippen MR) is 116 cm³/mol. The molecule has 7 nitrogen and oxygen atoms in total. The number of nitrogens with zero attached hydrogens (tertiary/aromatic N) is 4. The monoisotopic (exact) mass is 429 g/mol. The molecular formula is C20H23N5O2S2. The Morgan fingerprint density at radius 3 is 2.97 bits per heavy atom. The van der Waals surface area contributed by atoms with Gasteiger partial charge in [-0.25, -0.2) is 9.97 Å². The van der Waals surface area contributed by atoms with E-state index < -0.39 is 0 Å². The molecule has 1 aliphatic heterocycles. The Hall–Kier alpha value is -2.13. The number of fused-ring (bicyclic) bond motifs is 3. The SMILES string of the molecule is O=C(CSCc1nc2sc3c(c2c(=O)[nH]1)CCC3)N1CCC(n2ccnc2)CC1. The fraction of sp³-hybridized carbons (Fsp3) is 0.500. The van der Waals surface area contributed by atoms with Crippen LogP contribution in [0.3, 0.4) is 0 Å². The summed E-state index contributed by atoms with van der Waals surface area (Å²) in [6, 6.07) is 0.433. The van der Waals surface area contributed by atoms with Gasteiger partial charge in [0.05, 0.1) is 23.2 Å². The third kappa shape index (κ3) is 3.73. The summed E-state index contributed by atoms with van der Waals surface area (Å²) in [5.74, 6) is 1.79. The second-order valence-electron chi connectivity index (χ2n) is 7.66. The molecule has 0 saturated carbocycles. The van der Waals surface area contributed by atoms with Crippen LogP contribution in [0.25, 0.3) is 10.2 Å². The van der Waals surface area contributed by atoms with Gasteiger partial charge in [0.25, 0.3) is 5.56 Å². The number of carbonyl (C=O) groups excluding carboxylic acids is 1. The lowest BCUT2D eigenvalue weighted by Gasteiger charge is -2.32. The average Bonchev–Trinajstić information content (AvgIpc) is 3.45. The second kappa shape index (κ2) is 7.95. The molecule has 0 radical (unpaired) electrons. The normalized spacial score (nSPS) is 17.2. The standard InChI is InChI=1S/C20H23N5O2S2/c26-17(24-7-4-13(5-8-24)25-9-6-21-12-25)11-28-10-16-22-19(27)18-14-2-1-3-15(14)29-20(18)23-16/h6,9,12-13H,1-5,7-8,10-11H2,(H,22,23,27). The summed E-state index contributed by atoms with van der Waals surface area (Å²) < 4.78 is 2.13. The molecule has 1 aliphatic carbocycles. The maximum Gasteiger partial charge on any atom is 0.259 e. The number of carbonyl (C=O) groups is 1. The van der Waals surface area contributed by atoms with Crippen LogP contribution in [0.2, 0.25) is 0 Å². The van der Waals surface area contributed by atoms with Crippen molar-refractivity contribution in [1.82, 2.24) is 24.4 Å². The van der Waals surface area contributed by atoms with E-state index in [9.17, 15) is 9.59 Å². The first kappa shape index (κ1) is 18.9. The summed E-state index contributed by atoms with van der Waals surface area (Å²) >= 11 is 3.17. The fourth-order valence-electron chi connectivity index (χ4n) is 4.34.